The minimum Gasteiger partial charge on any atom is -0.393 e. The van der Waals surface area contributed by atoms with Crippen LogP contribution >= 0.6 is 0 Å². The molecule has 0 heterocycles. The summed E-state index contributed by atoms with van der Waals surface area (Å²) in [4.78, 5) is 0. The van der Waals surface area contributed by atoms with Crippen LogP contribution in [-0.2, 0) is 0 Å². The molecular formula is C12H22O. The van der Waals surface area contributed by atoms with E-state index >= 15 is 0 Å². The van der Waals surface area contributed by atoms with Gasteiger partial charge in [0.05, 0.1) is 6.10 Å². The second-order valence-corrected chi connectivity index (χ2v) is 4.43. The number of allylic oxidation sites excluding steroid dienone is 1. The van der Waals surface area contributed by atoms with Crippen LogP contribution in [0.5, 0.6) is 0 Å². The van der Waals surface area contributed by atoms with Crippen molar-refractivity contribution in [2.24, 2.45) is 5.41 Å². The van der Waals surface area contributed by atoms with Crippen molar-refractivity contribution in [2.75, 3.05) is 0 Å². The molecule has 0 amide bonds. The SMILES string of the molecule is C=CCCCCCC1(C(C)O)CC1. The molecule has 1 N–H and O–H groups in total. The minimum atomic E-state index is -0.0908. The van der Waals surface area contributed by atoms with Gasteiger partial charge in [-0.2, -0.15) is 0 Å². The smallest absolute Gasteiger partial charge is 0.0568 e. The first-order valence-corrected chi connectivity index (χ1v) is 5.50. The highest BCUT2D eigenvalue weighted by Gasteiger charge is 2.45. The summed E-state index contributed by atoms with van der Waals surface area (Å²) in [5.41, 5.74) is 0.328. The predicted molar refractivity (Wildman–Crippen MR) is 56.6 cm³/mol. The van der Waals surface area contributed by atoms with Crippen molar-refractivity contribution in [3.8, 4) is 0 Å². The monoisotopic (exact) mass is 182 g/mol. The van der Waals surface area contributed by atoms with Crippen molar-refractivity contribution in [1.82, 2.24) is 0 Å². The Morgan fingerprint density at radius 2 is 2.08 bits per heavy atom. The summed E-state index contributed by atoms with van der Waals surface area (Å²) in [5, 5.41) is 9.53. The van der Waals surface area contributed by atoms with E-state index in [1.807, 2.05) is 13.0 Å². The van der Waals surface area contributed by atoms with E-state index in [9.17, 15) is 5.11 Å². The molecule has 0 aromatic heterocycles. The second kappa shape index (κ2) is 4.80. The number of hydrogen-bond acceptors (Lipinski definition) is 1. The zero-order valence-corrected chi connectivity index (χ0v) is 8.76. The first-order valence-electron chi connectivity index (χ1n) is 5.50. The zero-order valence-electron chi connectivity index (χ0n) is 8.76. The lowest BCUT2D eigenvalue weighted by Gasteiger charge is -2.17. The van der Waals surface area contributed by atoms with Crippen molar-refractivity contribution in [3.63, 3.8) is 0 Å². The van der Waals surface area contributed by atoms with E-state index in [2.05, 4.69) is 6.58 Å². The van der Waals surface area contributed by atoms with Crippen LogP contribution in [0.1, 0.15) is 51.9 Å². The Morgan fingerprint density at radius 3 is 2.54 bits per heavy atom. The van der Waals surface area contributed by atoms with Crippen LogP contribution in [0.15, 0.2) is 12.7 Å². The summed E-state index contributed by atoms with van der Waals surface area (Å²) in [6.07, 6.45) is 10.6. The number of rotatable bonds is 7. The van der Waals surface area contributed by atoms with E-state index < -0.39 is 0 Å². The van der Waals surface area contributed by atoms with E-state index in [-0.39, 0.29) is 6.10 Å². The normalized spacial score (nSPS) is 21.1. The van der Waals surface area contributed by atoms with Gasteiger partial charge in [0.2, 0.25) is 0 Å². The van der Waals surface area contributed by atoms with Crippen LogP contribution in [0.4, 0.5) is 0 Å². The fraction of sp³-hybridized carbons (Fsp3) is 0.833. The van der Waals surface area contributed by atoms with Crippen molar-refractivity contribution in [2.45, 2.75) is 58.0 Å². The molecule has 1 heteroatoms. The molecule has 0 aromatic rings. The van der Waals surface area contributed by atoms with Gasteiger partial charge in [0.25, 0.3) is 0 Å². The Bertz CT molecular complexity index is 157. The molecule has 76 valence electrons. The van der Waals surface area contributed by atoms with Gasteiger partial charge in [-0.15, -0.1) is 6.58 Å². The third-order valence-corrected chi connectivity index (χ3v) is 3.36. The molecule has 0 aliphatic heterocycles. The van der Waals surface area contributed by atoms with Gasteiger partial charge in [-0.1, -0.05) is 18.9 Å². The highest BCUT2D eigenvalue weighted by molar-refractivity contribution is 4.96. The molecule has 1 rings (SSSR count). The third-order valence-electron chi connectivity index (χ3n) is 3.36. The van der Waals surface area contributed by atoms with Crippen LogP contribution in [0.25, 0.3) is 0 Å². The molecule has 1 aliphatic carbocycles. The summed E-state index contributed by atoms with van der Waals surface area (Å²) in [6.45, 7) is 5.65. The summed E-state index contributed by atoms with van der Waals surface area (Å²) in [6, 6.07) is 0. The van der Waals surface area contributed by atoms with Crippen LogP contribution in [0.3, 0.4) is 0 Å². The Hall–Kier alpha value is -0.300. The minimum absolute atomic E-state index is 0.0908. The van der Waals surface area contributed by atoms with Crippen molar-refractivity contribution in [1.29, 1.82) is 0 Å². The highest BCUT2D eigenvalue weighted by Crippen LogP contribution is 2.52. The lowest BCUT2D eigenvalue weighted by Crippen LogP contribution is -2.17. The second-order valence-electron chi connectivity index (χ2n) is 4.43. The number of unbranched alkanes of at least 4 members (excludes halogenated alkanes) is 3. The Balaban J connectivity index is 2.02. The molecule has 1 aliphatic rings. The van der Waals surface area contributed by atoms with E-state index in [4.69, 9.17) is 0 Å². The molecule has 0 aromatic carbocycles. The maximum absolute atomic E-state index is 9.53. The summed E-state index contributed by atoms with van der Waals surface area (Å²) < 4.78 is 0. The molecule has 0 saturated heterocycles. The van der Waals surface area contributed by atoms with E-state index in [0.29, 0.717) is 5.41 Å². The molecular weight excluding hydrogens is 160 g/mol. The molecule has 0 bridgehead atoms. The van der Waals surface area contributed by atoms with E-state index in [1.54, 1.807) is 0 Å². The van der Waals surface area contributed by atoms with Crippen molar-refractivity contribution in [3.05, 3.63) is 12.7 Å². The third kappa shape index (κ3) is 3.15. The number of aliphatic hydroxyl groups is 1. The molecule has 0 radical (unpaired) electrons. The van der Waals surface area contributed by atoms with Crippen LogP contribution < -0.4 is 0 Å². The first-order chi connectivity index (χ1) is 6.21. The lowest BCUT2D eigenvalue weighted by atomic mass is 9.93. The fourth-order valence-electron chi connectivity index (χ4n) is 1.98. The number of aliphatic hydroxyl groups excluding tert-OH is 1. The fourth-order valence-corrected chi connectivity index (χ4v) is 1.98. The largest absolute Gasteiger partial charge is 0.393 e. The van der Waals surface area contributed by atoms with Gasteiger partial charge < -0.3 is 5.11 Å². The van der Waals surface area contributed by atoms with Crippen LogP contribution in [0.2, 0.25) is 0 Å². The standard InChI is InChI=1S/C12H22O/c1-3-4-5-6-7-8-12(9-10-12)11(2)13/h3,11,13H,1,4-10H2,2H3. The topological polar surface area (TPSA) is 20.2 Å². The summed E-state index contributed by atoms with van der Waals surface area (Å²) >= 11 is 0. The lowest BCUT2D eigenvalue weighted by molar-refractivity contribution is 0.103. The van der Waals surface area contributed by atoms with Crippen molar-refractivity contribution >= 4 is 0 Å². The van der Waals surface area contributed by atoms with Gasteiger partial charge in [-0.25, -0.2) is 0 Å². The Kier molecular flexibility index (Phi) is 3.98. The average molecular weight is 182 g/mol. The average Bonchev–Trinajstić information content (AvgIpc) is 2.85. The van der Waals surface area contributed by atoms with Crippen LogP contribution in [-0.4, -0.2) is 11.2 Å². The molecule has 0 spiro atoms. The van der Waals surface area contributed by atoms with Gasteiger partial charge in [-0.3, -0.25) is 0 Å². The predicted octanol–water partition coefficient (Wildman–Crippen LogP) is 3.28. The van der Waals surface area contributed by atoms with Gasteiger partial charge in [0.15, 0.2) is 0 Å². The maximum atomic E-state index is 9.53. The zero-order chi connectivity index (χ0) is 9.73. The van der Waals surface area contributed by atoms with Gasteiger partial charge in [-0.05, 0) is 44.4 Å². The Labute approximate surface area is 81.9 Å². The van der Waals surface area contributed by atoms with Crippen molar-refractivity contribution < 1.29 is 5.11 Å². The molecule has 1 nitrogen and oxygen atoms in total. The summed E-state index contributed by atoms with van der Waals surface area (Å²) in [5.74, 6) is 0. The molecule has 1 saturated carbocycles. The quantitative estimate of drug-likeness (QED) is 0.473. The first kappa shape index (κ1) is 10.8. The van der Waals surface area contributed by atoms with Gasteiger partial charge in [0, 0.05) is 0 Å². The molecule has 1 unspecified atom stereocenters. The van der Waals surface area contributed by atoms with E-state index in [1.165, 1.54) is 38.5 Å². The number of hydrogen-bond donors (Lipinski definition) is 1. The molecule has 13 heavy (non-hydrogen) atoms. The van der Waals surface area contributed by atoms with Crippen LogP contribution in [0, 0.1) is 5.41 Å². The van der Waals surface area contributed by atoms with E-state index in [0.717, 1.165) is 6.42 Å². The summed E-state index contributed by atoms with van der Waals surface area (Å²) in [7, 11) is 0. The molecule has 1 fully saturated rings. The maximum Gasteiger partial charge on any atom is 0.0568 e. The highest BCUT2D eigenvalue weighted by atomic mass is 16.3. The van der Waals surface area contributed by atoms with Gasteiger partial charge in [0.1, 0.15) is 0 Å². The molecule has 1 atom stereocenters. The Morgan fingerprint density at radius 1 is 1.38 bits per heavy atom. The van der Waals surface area contributed by atoms with Gasteiger partial charge >= 0.3 is 0 Å².